The van der Waals surface area contributed by atoms with Gasteiger partial charge >= 0.3 is 0 Å². The second kappa shape index (κ2) is 9.17. The molecule has 1 N–H and O–H groups in total. The Morgan fingerprint density at radius 3 is 3.03 bits per heavy atom. The van der Waals surface area contributed by atoms with Gasteiger partial charge in [-0.2, -0.15) is 5.10 Å². The minimum Gasteiger partial charge on any atom is -0.339 e. The molecular formula is C21H25N7OS. The average molecular weight is 424 g/mol. The molecule has 0 bridgehead atoms. The largest absolute Gasteiger partial charge is 0.339 e. The first-order valence-corrected chi connectivity index (χ1v) is 10.8. The number of carbonyl (C=O) groups excluding carboxylic acids is 1. The molecule has 4 heterocycles. The van der Waals surface area contributed by atoms with Crippen molar-refractivity contribution in [1.29, 1.82) is 0 Å². The Morgan fingerprint density at radius 1 is 1.37 bits per heavy atom. The Kier molecular flexibility index (Phi) is 6.18. The molecule has 0 radical (unpaired) electrons. The van der Waals surface area contributed by atoms with Crippen LogP contribution in [0.25, 0.3) is 6.08 Å². The number of nitrogens with zero attached hydrogens (tertiary/aromatic N) is 6. The molecule has 1 fully saturated rings. The summed E-state index contributed by atoms with van der Waals surface area (Å²) >= 11 is 1.59. The van der Waals surface area contributed by atoms with E-state index in [4.69, 9.17) is 0 Å². The minimum atomic E-state index is 0.0464. The molecule has 4 rings (SSSR count). The van der Waals surface area contributed by atoms with Crippen molar-refractivity contribution in [1.82, 2.24) is 29.6 Å². The van der Waals surface area contributed by atoms with Crippen LogP contribution in [0.2, 0.25) is 0 Å². The van der Waals surface area contributed by atoms with Crippen molar-refractivity contribution in [3.63, 3.8) is 0 Å². The van der Waals surface area contributed by atoms with Crippen molar-refractivity contribution in [3.05, 3.63) is 53.2 Å². The highest BCUT2D eigenvalue weighted by Crippen LogP contribution is 2.23. The van der Waals surface area contributed by atoms with Gasteiger partial charge in [-0.05, 0) is 44.2 Å². The summed E-state index contributed by atoms with van der Waals surface area (Å²) < 4.78 is 1.75. The van der Waals surface area contributed by atoms with Crippen LogP contribution >= 0.6 is 11.3 Å². The number of piperidine rings is 1. The summed E-state index contributed by atoms with van der Waals surface area (Å²) in [6.07, 6.45) is 11.5. The first-order chi connectivity index (χ1) is 14.6. The Morgan fingerprint density at radius 2 is 2.27 bits per heavy atom. The smallest absolute Gasteiger partial charge is 0.246 e. The Labute approximate surface area is 179 Å². The van der Waals surface area contributed by atoms with Crippen molar-refractivity contribution in [2.24, 2.45) is 13.0 Å². The lowest BCUT2D eigenvalue weighted by atomic mass is 9.93. The number of aromatic nitrogens is 5. The molecule has 30 heavy (non-hydrogen) atoms. The summed E-state index contributed by atoms with van der Waals surface area (Å²) in [5, 5.41) is 8.19. The molecular weight excluding hydrogens is 398 g/mol. The van der Waals surface area contributed by atoms with Crippen LogP contribution in [0.1, 0.15) is 29.1 Å². The molecule has 8 nitrogen and oxygen atoms in total. The van der Waals surface area contributed by atoms with E-state index >= 15 is 0 Å². The van der Waals surface area contributed by atoms with Crippen molar-refractivity contribution in [2.75, 3.05) is 18.4 Å². The van der Waals surface area contributed by atoms with Crippen molar-refractivity contribution >= 4 is 34.3 Å². The molecule has 1 amide bonds. The molecule has 1 saturated heterocycles. The van der Waals surface area contributed by atoms with Crippen LogP contribution in [0.3, 0.4) is 0 Å². The van der Waals surface area contributed by atoms with E-state index in [0.29, 0.717) is 5.92 Å². The third-order valence-corrected chi connectivity index (χ3v) is 5.99. The van der Waals surface area contributed by atoms with Crippen LogP contribution in [0.15, 0.2) is 36.9 Å². The first kappa shape index (κ1) is 20.2. The molecule has 0 unspecified atom stereocenters. The molecule has 3 aromatic rings. The van der Waals surface area contributed by atoms with Gasteiger partial charge in [-0.15, -0.1) is 11.3 Å². The highest BCUT2D eigenvalue weighted by molar-refractivity contribution is 7.15. The monoisotopic (exact) mass is 423 g/mol. The number of hydrogen-bond acceptors (Lipinski definition) is 7. The average Bonchev–Trinajstić information content (AvgIpc) is 3.34. The molecule has 1 aliphatic rings. The molecule has 0 aromatic carbocycles. The zero-order chi connectivity index (χ0) is 20.9. The zero-order valence-corrected chi connectivity index (χ0v) is 18.0. The predicted molar refractivity (Wildman–Crippen MR) is 117 cm³/mol. The Hall–Kier alpha value is -3.07. The zero-order valence-electron chi connectivity index (χ0n) is 17.2. The van der Waals surface area contributed by atoms with Crippen LogP contribution in [0, 0.1) is 12.8 Å². The maximum atomic E-state index is 12.6. The van der Waals surface area contributed by atoms with Gasteiger partial charge in [0.25, 0.3) is 0 Å². The standard InChI is InChI=1S/C21H25N7OS/c1-15-12-22-21(30-15)26-19-11-17(23-14-24-19)10-16-4-3-9-28(13-16)20(29)6-5-18-7-8-25-27(18)2/h5-8,11-12,14,16H,3-4,9-10,13H2,1-2H3,(H,22,23,24,26)/b6-5+/t16-/m0/s1. The number of carbonyl (C=O) groups is 1. The van der Waals surface area contributed by atoms with Crippen LogP contribution < -0.4 is 5.32 Å². The van der Waals surface area contributed by atoms with Crippen LogP contribution in [0.5, 0.6) is 0 Å². The topological polar surface area (TPSA) is 88.8 Å². The predicted octanol–water partition coefficient (Wildman–Crippen LogP) is 3.21. The number of nitrogens with one attached hydrogen (secondary N) is 1. The molecule has 1 atom stereocenters. The van der Waals surface area contributed by atoms with E-state index < -0.39 is 0 Å². The van der Waals surface area contributed by atoms with E-state index in [1.54, 1.807) is 34.6 Å². The maximum absolute atomic E-state index is 12.6. The fourth-order valence-electron chi connectivity index (χ4n) is 3.64. The lowest BCUT2D eigenvalue weighted by molar-refractivity contribution is -0.127. The summed E-state index contributed by atoms with van der Waals surface area (Å²) in [5.74, 6) is 1.18. The maximum Gasteiger partial charge on any atom is 0.246 e. The molecule has 156 valence electrons. The lowest BCUT2D eigenvalue weighted by Gasteiger charge is -2.32. The van der Waals surface area contributed by atoms with E-state index in [2.05, 4.69) is 25.4 Å². The number of amides is 1. The van der Waals surface area contributed by atoms with Crippen molar-refractivity contribution in [3.8, 4) is 0 Å². The summed E-state index contributed by atoms with van der Waals surface area (Å²) in [6.45, 7) is 3.56. The fraction of sp³-hybridized carbons (Fsp3) is 0.381. The summed E-state index contributed by atoms with van der Waals surface area (Å²) in [7, 11) is 1.86. The van der Waals surface area contributed by atoms with Gasteiger partial charge in [0.1, 0.15) is 12.1 Å². The van der Waals surface area contributed by atoms with Gasteiger partial charge < -0.3 is 10.2 Å². The molecule has 0 spiro atoms. The molecule has 9 heteroatoms. The second-order valence-electron chi connectivity index (χ2n) is 7.51. The Balaban J connectivity index is 1.35. The van der Waals surface area contributed by atoms with Gasteiger partial charge in [-0.1, -0.05) is 0 Å². The Bertz CT molecular complexity index is 1040. The summed E-state index contributed by atoms with van der Waals surface area (Å²) in [4.78, 5) is 28.8. The number of likely N-dealkylation sites (tertiary alicyclic amines) is 1. The van der Waals surface area contributed by atoms with Crippen LogP contribution in [-0.4, -0.2) is 48.6 Å². The SMILES string of the molecule is Cc1cnc(Nc2cc(C[C@@H]3CCCN(C(=O)/C=C/c4ccnn4C)C3)ncn2)s1. The third-order valence-electron chi connectivity index (χ3n) is 5.16. The minimum absolute atomic E-state index is 0.0464. The van der Waals surface area contributed by atoms with Gasteiger partial charge in [0.05, 0.1) is 5.69 Å². The van der Waals surface area contributed by atoms with Gasteiger partial charge in [0.15, 0.2) is 5.13 Å². The third kappa shape index (κ3) is 5.10. The second-order valence-corrected chi connectivity index (χ2v) is 8.74. The van der Waals surface area contributed by atoms with E-state index in [0.717, 1.165) is 59.6 Å². The van der Waals surface area contributed by atoms with E-state index in [1.807, 2.05) is 43.3 Å². The number of hydrogen-bond donors (Lipinski definition) is 1. The highest BCUT2D eigenvalue weighted by Gasteiger charge is 2.23. The molecule has 3 aromatic heterocycles. The summed E-state index contributed by atoms with van der Waals surface area (Å²) in [5.41, 5.74) is 1.89. The quantitative estimate of drug-likeness (QED) is 0.613. The van der Waals surface area contributed by atoms with Crippen molar-refractivity contribution in [2.45, 2.75) is 26.2 Å². The van der Waals surface area contributed by atoms with Gasteiger partial charge in [0.2, 0.25) is 5.91 Å². The lowest BCUT2D eigenvalue weighted by Crippen LogP contribution is -2.39. The fourth-order valence-corrected chi connectivity index (χ4v) is 4.31. The van der Waals surface area contributed by atoms with Gasteiger partial charge in [0, 0.05) is 55.2 Å². The number of aryl methyl sites for hydroxylation is 2. The van der Waals surface area contributed by atoms with E-state index in [9.17, 15) is 4.79 Å². The van der Waals surface area contributed by atoms with E-state index in [-0.39, 0.29) is 5.91 Å². The van der Waals surface area contributed by atoms with Crippen LogP contribution in [-0.2, 0) is 18.3 Å². The van der Waals surface area contributed by atoms with Gasteiger partial charge in [-0.25, -0.2) is 15.0 Å². The van der Waals surface area contributed by atoms with Crippen molar-refractivity contribution < 1.29 is 4.79 Å². The number of rotatable bonds is 6. The normalized spacial score (nSPS) is 16.9. The van der Waals surface area contributed by atoms with Gasteiger partial charge in [-0.3, -0.25) is 9.48 Å². The molecule has 1 aliphatic heterocycles. The number of anilines is 2. The summed E-state index contributed by atoms with van der Waals surface area (Å²) in [6, 6.07) is 3.86. The van der Waals surface area contributed by atoms with Crippen LogP contribution in [0.4, 0.5) is 10.9 Å². The highest BCUT2D eigenvalue weighted by atomic mass is 32.1. The first-order valence-electron chi connectivity index (χ1n) is 10.0. The number of thiazole rings is 1. The molecule has 0 aliphatic carbocycles. The van der Waals surface area contributed by atoms with E-state index in [1.165, 1.54) is 0 Å². The molecule has 0 saturated carbocycles.